The standard InChI is InChI=1S/C66H60N2/c1-8-9-10-18-53-43-65(60-22-15-21-59-62(60)40-29-52-41-50-16-11-12-17-51(50)42-64(52)59)61-19-13-14-20-63(61)66(53)68(57-34-27-49(28-35-57)46(6)7)58-38-36-56(37-39-58)67(54-30-23-47(24-31-54)44(2)3)55-32-25-48(26-33-55)45(4)5/h8-46H,1-7H3/b9-8-,18-10-. The van der Waals surface area contributed by atoms with Crippen molar-refractivity contribution in [3.63, 3.8) is 0 Å². The summed E-state index contributed by atoms with van der Waals surface area (Å²) in [6, 6.07) is 72.7. The van der Waals surface area contributed by atoms with E-state index in [9.17, 15) is 0 Å². The molecule has 2 heteroatoms. The van der Waals surface area contributed by atoms with Crippen LogP contribution in [0.25, 0.3) is 60.3 Å². The van der Waals surface area contributed by atoms with Gasteiger partial charge in [-0.05, 0) is 175 Å². The molecule has 0 radical (unpaired) electrons. The van der Waals surface area contributed by atoms with Crippen LogP contribution < -0.4 is 9.80 Å². The lowest BCUT2D eigenvalue weighted by Crippen LogP contribution is -2.14. The molecule has 0 heterocycles. The van der Waals surface area contributed by atoms with Gasteiger partial charge in [-0.15, -0.1) is 0 Å². The van der Waals surface area contributed by atoms with E-state index < -0.39 is 0 Å². The Labute approximate surface area is 403 Å². The molecule has 0 amide bonds. The zero-order chi connectivity index (χ0) is 46.9. The molecule has 68 heavy (non-hydrogen) atoms. The second kappa shape index (κ2) is 18.9. The monoisotopic (exact) mass is 880 g/mol. The van der Waals surface area contributed by atoms with Crippen molar-refractivity contribution < 1.29 is 0 Å². The molecule has 10 aromatic carbocycles. The Morgan fingerprint density at radius 3 is 1.32 bits per heavy atom. The number of fused-ring (bicyclic) bond motifs is 5. The van der Waals surface area contributed by atoms with Gasteiger partial charge in [0.05, 0.1) is 5.69 Å². The predicted octanol–water partition coefficient (Wildman–Crippen LogP) is 19.9. The molecule has 2 nitrogen and oxygen atoms in total. The first-order chi connectivity index (χ1) is 33.2. The van der Waals surface area contributed by atoms with Gasteiger partial charge >= 0.3 is 0 Å². The molecule has 0 aromatic heterocycles. The molecule has 0 aliphatic carbocycles. The van der Waals surface area contributed by atoms with E-state index in [2.05, 4.69) is 277 Å². The molecule has 10 rings (SSSR count). The molecular formula is C66H60N2. The van der Waals surface area contributed by atoms with Crippen LogP contribution in [0.2, 0.25) is 0 Å². The summed E-state index contributed by atoms with van der Waals surface area (Å²) in [7, 11) is 0. The van der Waals surface area contributed by atoms with Crippen molar-refractivity contribution in [1.29, 1.82) is 0 Å². The summed E-state index contributed by atoms with van der Waals surface area (Å²) in [5.74, 6) is 1.33. The summed E-state index contributed by atoms with van der Waals surface area (Å²) in [6.07, 6.45) is 8.68. The third-order valence-electron chi connectivity index (χ3n) is 13.7. The van der Waals surface area contributed by atoms with Crippen molar-refractivity contribution in [3.8, 4) is 11.1 Å². The smallest absolute Gasteiger partial charge is 0.0612 e. The molecule has 0 saturated heterocycles. The Bertz CT molecular complexity index is 3410. The van der Waals surface area contributed by atoms with E-state index in [0.717, 1.165) is 39.7 Å². The van der Waals surface area contributed by atoms with Crippen LogP contribution in [0.15, 0.2) is 212 Å². The molecule has 0 atom stereocenters. The number of hydrogen-bond donors (Lipinski definition) is 0. The Balaban J connectivity index is 1.17. The lowest BCUT2D eigenvalue weighted by molar-refractivity contribution is 0.866. The fraction of sp³-hybridized carbons (Fsp3) is 0.152. The van der Waals surface area contributed by atoms with Crippen molar-refractivity contribution in [3.05, 3.63) is 235 Å². The van der Waals surface area contributed by atoms with Gasteiger partial charge in [0.25, 0.3) is 0 Å². The minimum atomic E-state index is 0.419. The minimum absolute atomic E-state index is 0.419. The molecule has 0 spiro atoms. The number of hydrogen-bond acceptors (Lipinski definition) is 2. The van der Waals surface area contributed by atoms with E-state index in [1.165, 1.54) is 70.9 Å². The van der Waals surface area contributed by atoms with E-state index >= 15 is 0 Å². The van der Waals surface area contributed by atoms with Crippen molar-refractivity contribution >= 4 is 83.3 Å². The molecule has 0 fully saturated rings. The zero-order valence-electron chi connectivity index (χ0n) is 40.4. The van der Waals surface area contributed by atoms with Gasteiger partial charge < -0.3 is 9.80 Å². The molecule has 0 N–H and O–H groups in total. The Hall–Kier alpha value is -7.68. The lowest BCUT2D eigenvalue weighted by Gasteiger charge is -2.31. The summed E-state index contributed by atoms with van der Waals surface area (Å²) in [5, 5.41) is 9.94. The third kappa shape index (κ3) is 8.48. The van der Waals surface area contributed by atoms with Gasteiger partial charge in [-0.25, -0.2) is 0 Å². The Morgan fingerprint density at radius 1 is 0.338 bits per heavy atom. The minimum Gasteiger partial charge on any atom is -0.311 e. The zero-order valence-corrected chi connectivity index (χ0v) is 40.4. The SMILES string of the molecule is C/C=C\C=C/c1cc(-c2cccc3c2ccc2cc4ccccc4cc23)c2ccccc2c1N(c1ccc(C(C)C)cc1)c1ccc(N(c2ccc(C(C)C)cc2)c2ccc(C(C)C)cc2)cc1. The fourth-order valence-electron chi connectivity index (χ4n) is 9.90. The molecule has 0 unspecified atom stereocenters. The van der Waals surface area contributed by atoms with Gasteiger partial charge in [0.1, 0.15) is 0 Å². The van der Waals surface area contributed by atoms with Crippen LogP contribution in [-0.4, -0.2) is 0 Å². The summed E-state index contributed by atoms with van der Waals surface area (Å²) < 4.78 is 0. The molecular weight excluding hydrogens is 821 g/mol. The number of benzene rings is 10. The summed E-state index contributed by atoms with van der Waals surface area (Å²) in [5.41, 5.74) is 14.2. The van der Waals surface area contributed by atoms with Gasteiger partial charge in [-0.3, -0.25) is 0 Å². The van der Waals surface area contributed by atoms with Gasteiger partial charge in [-0.1, -0.05) is 181 Å². The highest BCUT2D eigenvalue weighted by Gasteiger charge is 2.23. The van der Waals surface area contributed by atoms with Crippen LogP contribution in [0.4, 0.5) is 34.1 Å². The lowest BCUT2D eigenvalue weighted by atomic mass is 9.88. The largest absolute Gasteiger partial charge is 0.311 e. The average Bonchev–Trinajstić information content (AvgIpc) is 3.37. The van der Waals surface area contributed by atoms with Crippen LogP contribution >= 0.6 is 0 Å². The number of nitrogens with zero attached hydrogens (tertiary/aromatic N) is 2. The fourth-order valence-corrected chi connectivity index (χ4v) is 9.90. The van der Waals surface area contributed by atoms with Gasteiger partial charge in [0, 0.05) is 33.8 Å². The van der Waals surface area contributed by atoms with E-state index in [4.69, 9.17) is 0 Å². The predicted molar refractivity (Wildman–Crippen MR) is 297 cm³/mol. The van der Waals surface area contributed by atoms with Crippen LogP contribution in [0, 0.1) is 0 Å². The highest BCUT2D eigenvalue weighted by Crippen LogP contribution is 2.48. The van der Waals surface area contributed by atoms with Crippen LogP contribution in [0.5, 0.6) is 0 Å². The van der Waals surface area contributed by atoms with Crippen molar-refractivity contribution in [2.75, 3.05) is 9.80 Å². The quantitative estimate of drug-likeness (QED) is 0.0685. The molecule has 0 saturated carbocycles. The summed E-state index contributed by atoms with van der Waals surface area (Å²) >= 11 is 0. The van der Waals surface area contributed by atoms with Gasteiger partial charge in [0.15, 0.2) is 0 Å². The van der Waals surface area contributed by atoms with E-state index in [1.54, 1.807) is 0 Å². The maximum absolute atomic E-state index is 2.47. The van der Waals surface area contributed by atoms with Gasteiger partial charge in [0.2, 0.25) is 0 Å². The van der Waals surface area contributed by atoms with E-state index in [0.29, 0.717) is 17.8 Å². The Morgan fingerprint density at radius 2 is 0.794 bits per heavy atom. The molecule has 0 bridgehead atoms. The topological polar surface area (TPSA) is 6.48 Å². The van der Waals surface area contributed by atoms with Crippen molar-refractivity contribution in [1.82, 2.24) is 0 Å². The normalized spacial score (nSPS) is 12.0. The number of allylic oxidation sites excluding steroid dienone is 3. The van der Waals surface area contributed by atoms with Crippen molar-refractivity contribution in [2.45, 2.75) is 66.2 Å². The Kier molecular flexibility index (Phi) is 12.3. The van der Waals surface area contributed by atoms with Gasteiger partial charge in [-0.2, -0.15) is 0 Å². The highest BCUT2D eigenvalue weighted by atomic mass is 15.2. The third-order valence-corrected chi connectivity index (χ3v) is 13.7. The second-order valence-corrected chi connectivity index (χ2v) is 19.1. The highest BCUT2D eigenvalue weighted by molar-refractivity contribution is 6.18. The second-order valence-electron chi connectivity index (χ2n) is 19.1. The summed E-state index contributed by atoms with van der Waals surface area (Å²) in [6.45, 7) is 15.6. The molecule has 10 aromatic rings. The first kappa shape index (κ1) is 44.2. The van der Waals surface area contributed by atoms with Crippen LogP contribution in [0.1, 0.15) is 88.5 Å². The maximum atomic E-state index is 2.47. The first-order valence-electron chi connectivity index (χ1n) is 24.4. The maximum Gasteiger partial charge on any atom is 0.0612 e. The average molecular weight is 881 g/mol. The summed E-state index contributed by atoms with van der Waals surface area (Å²) in [4.78, 5) is 4.85. The molecule has 0 aliphatic heterocycles. The molecule has 334 valence electrons. The van der Waals surface area contributed by atoms with Crippen LogP contribution in [0.3, 0.4) is 0 Å². The van der Waals surface area contributed by atoms with Crippen LogP contribution in [-0.2, 0) is 0 Å². The number of anilines is 6. The van der Waals surface area contributed by atoms with E-state index in [-0.39, 0.29) is 0 Å². The van der Waals surface area contributed by atoms with Crippen molar-refractivity contribution in [2.24, 2.45) is 0 Å². The first-order valence-corrected chi connectivity index (χ1v) is 24.4. The number of rotatable bonds is 12. The van der Waals surface area contributed by atoms with E-state index in [1.807, 2.05) is 0 Å². The molecule has 0 aliphatic rings.